The Bertz CT molecular complexity index is 1450. The van der Waals surface area contributed by atoms with Crippen molar-refractivity contribution in [3.05, 3.63) is 158 Å². The van der Waals surface area contributed by atoms with Crippen LogP contribution in [0.2, 0.25) is 0 Å². The fourth-order valence-corrected chi connectivity index (χ4v) is 3.86. The third-order valence-corrected chi connectivity index (χ3v) is 5.71. The fourth-order valence-electron chi connectivity index (χ4n) is 3.86. The minimum atomic E-state index is 0. The van der Waals surface area contributed by atoms with E-state index in [-0.39, 0.29) is 20.1 Å². The molecule has 2 aromatic heterocycles. The van der Waals surface area contributed by atoms with Gasteiger partial charge >= 0.3 is 0 Å². The Labute approximate surface area is 232 Å². The molecule has 6 rings (SSSR count). The summed E-state index contributed by atoms with van der Waals surface area (Å²) in [5.41, 5.74) is 8.69. The molecule has 0 bridgehead atoms. The Morgan fingerprint density at radius 2 is 1.08 bits per heavy atom. The molecular weight excluding hydrogens is 629 g/mol. The van der Waals surface area contributed by atoms with Crippen LogP contribution < -0.4 is 0 Å². The second-order valence-corrected chi connectivity index (χ2v) is 8.14. The van der Waals surface area contributed by atoms with E-state index >= 15 is 0 Å². The first kappa shape index (κ1) is 25.9. The number of aromatic nitrogens is 2. The number of nitrogens with zero attached hydrogens (tertiary/aromatic N) is 2. The largest absolute Gasteiger partial charge is 0.305 e. The first-order valence-electron chi connectivity index (χ1n) is 11.8. The third kappa shape index (κ3) is 6.95. The van der Waals surface area contributed by atoms with Gasteiger partial charge in [-0.25, -0.2) is 0 Å². The van der Waals surface area contributed by atoms with Crippen molar-refractivity contribution in [3.8, 4) is 44.8 Å². The Kier molecular flexibility index (Phi) is 9.26. The molecule has 2 nitrogen and oxygen atoms in total. The van der Waals surface area contributed by atoms with E-state index < -0.39 is 0 Å². The standard InChI is InChI=1S/C23H16N.C11H8N.Ir/c1-3-7-18(8-4-1)20-11-13-21(14-12-20)23-17-22(15-16-24-23)19-9-5-2-6-10-19;1-2-6-10(7-3-1)11-8-4-5-9-12-11;/h1-13,15-17H;1-6,8-9H;/q2*-1;. The van der Waals surface area contributed by atoms with E-state index in [1.807, 2.05) is 85.1 Å². The maximum Gasteiger partial charge on any atom is 0.0166 e. The van der Waals surface area contributed by atoms with Gasteiger partial charge in [-0.2, -0.15) is 0 Å². The summed E-state index contributed by atoms with van der Waals surface area (Å²) >= 11 is 0. The van der Waals surface area contributed by atoms with Gasteiger partial charge in [0.2, 0.25) is 0 Å². The summed E-state index contributed by atoms with van der Waals surface area (Å²) < 4.78 is 0. The topological polar surface area (TPSA) is 25.8 Å². The van der Waals surface area contributed by atoms with Crippen LogP contribution in [0.1, 0.15) is 0 Å². The number of rotatable bonds is 4. The van der Waals surface area contributed by atoms with Crippen LogP contribution in [0, 0.1) is 12.1 Å². The second-order valence-electron chi connectivity index (χ2n) is 8.14. The predicted molar refractivity (Wildman–Crippen MR) is 148 cm³/mol. The monoisotopic (exact) mass is 653 g/mol. The third-order valence-electron chi connectivity index (χ3n) is 5.71. The SMILES string of the molecule is [Ir].[c-]1cc(-c2ccccc2)ccc1-c1cc(-c2ccccc2)ccn1.[c-]1ccccc1-c1ccccn1. The van der Waals surface area contributed by atoms with Crippen molar-refractivity contribution in [3.63, 3.8) is 0 Å². The van der Waals surface area contributed by atoms with E-state index in [9.17, 15) is 0 Å². The Morgan fingerprint density at radius 3 is 1.70 bits per heavy atom. The van der Waals surface area contributed by atoms with E-state index in [0.717, 1.165) is 22.5 Å². The maximum atomic E-state index is 4.51. The smallest absolute Gasteiger partial charge is 0.0166 e. The van der Waals surface area contributed by atoms with Crippen LogP contribution in [-0.4, -0.2) is 9.97 Å². The van der Waals surface area contributed by atoms with Gasteiger partial charge in [0.1, 0.15) is 0 Å². The normalized spacial score (nSPS) is 9.95. The first-order chi connectivity index (χ1) is 17.9. The molecule has 0 fully saturated rings. The second kappa shape index (κ2) is 13.2. The summed E-state index contributed by atoms with van der Waals surface area (Å²) in [4.78, 5) is 8.72. The first-order valence-corrected chi connectivity index (χ1v) is 11.8. The average molecular weight is 653 g/mol. The fraction of sp³-hybridized carbons (Fsp3) is 0. The molecule has 0 aliphatic heterocycles. The number of hydrogen-bond acceptors (Lipinski definition) is 2. The number of pyridine rings is 2. The maximum absolute atomic E-state index is 4.51. The summed E-state index contributed by atoms with van der Waals surface area (Å²) in [6, 6.07) is 51.3. The van der Waals surface area contributed by atoms with Gasteiger partial charge in [-0.15, -0.1) is 65.7 Å². The number of hydrogen-bond donors (Lipinski definition) is 0. The summed E-state index contributed by atoms with van der Waals surface area (Å²) in [6.45, 7) is 0. The van der Waals surface area contributed by atoms with Crippen molar-refractivity contribution >= 4 is 0 Å². The Balaban J connectivity index is 0.000000208. The minimum Gasteiger partial charge on any atom is -0.305 e. The molecule has 0 amide bonds. The van der Waals surface area contributed by atoms with Crippen molar-refractivity contribution in [1.82, 2.24) is 9.97 Å². The molecule has 37 heavy (non-hydrogen) atoms. The van der Waals surface area contributed by atoms with Crippen LogP contribution in [0.3, 0.4) is 0 Å². The number of benzene rings is 4. The molecular formula is C34H24IrN2-2. The van der Waals surface area contributed by atoms with Gasteiger partial charge < -0.3 is 9.97 Å². The van der Waals surface area contributed by atoms with Crippen LogP contribution in [-0.2, 0) is 20.1 Å². The van der Waals surface area contributed by atoms with Gasteiger partial charge in [-0.3, -0.25) is 0 Å². The van der Waals surface area contributed by atoms with Gasteiger partial charge in [0.05, 0.1) is 0 Å². The zero-order valence-electron chi connectivity index (χ0n) is 20.1. The van der Waals surface area contributed by atoms with Crippen LogP contribution in [0.4, 0.5) is 0 Å². The molecule has 0 spiro atoms. The quantitative estimate of drug-likeness (QED) is 0.179. The van der Waals surface area contributed by atoms with Crippen LogP contribution in [0.25, 0.3) is 44.8 Å². The zero-order chi connectivity index (χ0) is 24.4. The van der Waals surface area contributed by atoms with E-state index in [1.165, 1.54) is 22.3 Å². The van der Waals surface area contributed by atoms with Crippen molar-refractivity contribution in [2.24, 2.45) is 0 Å². The Morgan fingerprint density at radius 1 is 0.432 bits per heavy atom. The molecule has 0 aliphatic carbocycles. The summed E-state index contributed by atoms with van der Waals surface area (Å²) in [5.74, 6) is 0. The molecule has 0 saturated carbocycles. The van der Waals surface area contributed by atoms with Gasteiger partial charge in [-0.05, 0) is 34.6 Å². The molecule has 0 unspecified atom stereocenters. The molecule has 0 atom stereocenters. The molecule has 2 heterocycles. The van der Waals surface area contributed by atoms with Crippen molar-refractivity contribution in [1.29, 1.82) is 0 Å². The van der Waals surface area contributed by atoms with Crippen molar-refractivity contribution in [2.45, 2.75) is 0 Å². The van der Waals surface area contributed by atoms with Gasteiger partial charge in [0, 0.05) is 32.5 Å². The summed E-state index contributed by atoms with van der Waals surface area (Å²) in [6.07, 6.45) is 3.65. The molecule has 3 heteroatoms. The van der Waals surface area contributed by atoms with Gasteiger partial charge in [0.15, 0.2) is 0 Å². The molecule has 0 N–H and O–H groups in total. The summed E-state index contributed by atoms with van der Waals surface area (Å²) in [7, 11) is 0. The van der Waals surface area contributed by atoms with E-state index in [1.54, 1.807) is 6.20 Å². The minimum absolute atomic E-state index is 0. The van der Waals surface area contributed by atoms with Crippen molar-refractivity contribution < 1.29 is 20.1 Å². The molecule has 181 valence electrons. The molecule has 4 aromatic carbocycles. The Hall–Kier alpha value is -4.17. The average Bonchev–Trinajstić information content (AvgIpc) is 2.99. The molecule has 0 aliphatic rings. The van der Waals surface area contributed by atoms with Crippen LogP contribution >= 0.6 is 0 Å². The van der Waals surface area contributed by atoms with E-state index in [2.05, 4.69) is 76.7 Å². The molecule has 6 aromatic rings. The van der Waals surface area contributed by atoms with Gasteiger partial charge in [0.25, 0.3) is 0 Å². The van der Waals surface area contributed by atoms with Gasteiger partial charge in [-0.1, -0.05) is 90.0 Å². The van der Waals surface area contributed by atoms with Crippen molar-refractivity contribution in [2.75, 3.05) is 0 Å². The van der Waals surface area contributed by atoms with Crippen LogP contribution in [0.15, 0.2) is 146 Å². The van der Waals surface area contributed by atoms with E-state index in [0.29, 0.717) is 0 Å². The molecule has 1 radical (unpaired) electrons. The zero-order valence-corrected chi connectivity index (χ0v) is 22.5. The summed E-state index contributed by atoms with van der Waals surface area (Å²) in [5, 5.41) is 0. The van der Waals surface area contributed by atoms with Crippen LogP contribution in [0.5, 0.6) is 0 Å². The predicted octanol–water partition coefficient (Wildman–Crippen LogP) is 8.43. The van der Waals surface area contributed by atoms with E-state index in [4.69, 9.17) is 0 Å². The molecule has 0 saturated heterocycles.